The maximum atomic E-state index is 12.2. The number of hydrogen-bond donors (Lipinski definition) is 0. The summed E-state index contributed by atoms with van der Waals surface area (Å²) in [6.07, 6.45) is 4.92. The number of carbonyl (C=O) groups is 1. The molecule has 1 saturated heterocycles. The van der Waals surface area contributed by atoms with Gasteiger partial charge in [0.1, 0.15) is 6.10 Å². The van der Waals surface area contributed by atoms with Gasteiger partial charge in [-0.15, -0.1) is 0 Å². The van der Waals surface area contributed by atoms with Crippen LogP contribution < -0.4 is 0 Å². The maximum Gasteiger partial charge on any atom is 0.410 e. The third kappa shape index (κ3) is 0.692. The van der Waals surface area contributed by atoms with E-state index in [9.17, 15) is 4.79 Å². The van der Waals surface area contributed by atoms with Gasteiger partial charge < -0.3 is 9.64 Å². The van der Waals surface area contributed by atoms with Crippen molar-refractivity contribution in [2.75, 3.05) is 13.1 Å². The number of nitrogens with zero attached hydrogens (tertiary/aromatic N) is 1. The average Bonchev–Trinajstić information content (AvgIpc) is 2.87. The van der Waals surface area contributed by atoms with Gasteiger partial charge in [0.05, 0.1) is 0 Å². The molecule has 1 aliphatic heterocycles. The van der Waals surface area contributed by atoms with Gasteiger partial charge in [-0.3, -0.25) is 0 Å². The Kier molecular flexibility index (Phi) is 1.48. The normalized spacial score (nSPS) is 63.2. The van der Waals surface area contributed by atoms with Crippen LogP contribution >= 0.6 is 0 Å². The minimum absolute atomic E-state index is 0.0435. The first-order valence-corrected chi connectivity index (χ1v) is 7.91. The Morgan fingerprint density at radius 2 is 1.89 bits per heavy atom. The smallest absolute Gasteiger partial charge is 0.410 e. The molecule has 1 heterocycles. The largest absolute Gasteiger partial charge is 0.445 e. The predicted molar refractivity (Wildman–Crippen MR) is 70.6 cm³/mol. The van der Waals surface area contributed by atoms with Crippen molar-refractivity contribution in [1.82, 2.24) is 4.90 Å². The molecule has 4 aliphatic carbocycles. The van der Waals surface area contributed by atoms with Crippen molar-refractivity contribution < 1.29 is 9.53 Å². The van der Waals surface area contributed by atoms with Crippen LogP contribution in [0.1, 0.15) is 46.5 Å². The summed E-state index contributed by atoms with van der Waals surface area (Å²) in [4.78, 5) is 14.1. The van der Waals surface area contributed by atoms with E-state index in [2.05, 4.69) is 20.8 Å². The lowest BCUT2D eigenvalue weighted by Gasteiger charge is -2.45. The van der Waals surface area contributed by atoms with Crippen molar-refractivity contribution in [3.63, 3.8) is 0 Å². The van der Waals surface area contributed by atoms with Crippen molar-refractivity contribution >= 4 is 6.09 Å². The number of ether oxygens (including phenoxy) is 1. The van der Waals surface area contributed by atoms with Crippen molar-refractivity contribution in [2.24, 2.45) is 27.6 Å². The summed E-state index contributed by atoms with van der Waals surface area (Å²) in [6, 6.07) is 0. The van der Waals surface area contributed by atoms with E-state index < -0.39 is 0 Å². The lowest BCUT2D eigenvalue weighted by molar-refractivity contribution is -0.0236. The Morgan fingerprint density at radius 1 is 1.21 bits per heavy atom. The van der Waals surface area contributed by atoms with Crippen LogP contribution in [0.25, 0.3) is 0 Å². The second-order valence-electron chi connectivity index (χ2n) is 8.17. The summed E-state index contributed by atoms with van der Waals surface area (Å²) < 4.78 is 5.94. The molecule has 5 aliphatic rings. The summed E-state index contributed by atoms with van der Waals surface area (Å²) >= 11 is 0. The van der Waals surface area contributed by atoms with E-state index in [4.69, 9.17) is 4.74 Å². The van der Waals surface area contributed by atoms with Crippen LogP contribution in [0.5, 0.6) is 0 Å². The van der Waals surface area contributed by atoms with Gasteiger partial charge in [-0.25, -0.2) is 4.79 Å². The third-order valence-corrected chi connectivity index (χ3v) is 8.51. The fraction of sp³-hybridized carbons (Fsp3) is 0.938. The highest BCUT2D eigenvalue weighted by molar-refractivity contribution is 5.70. The van der Waals surface area contributed by atoms with Crippen LogP contribution in [0, 0.1) is 27.6 Å². The van der Waals surface area contributed by atoms with E-state index in [1.54, 1.807) is 0 Å². The molecule has 19 heavy (non-hydrogen) atoms. The number of amides is 1. The molecule has 5 rings (SSSR count). The van der Waals surface area contributed by atoms with Crippen LogP contribution in [-0.2, 0) is 4.74 Å². The minimum atomic E-state index is -0.0435. The topological polar surface area (TPSA) is 29.5 Å². The SMILES string of the molecule is CC12CC3CC(OC(=O)N4CCCC4)C4(C)C1(C)C324. The molecule has 3 heteroatoms. The van der Waals surface area contributed by atoms with Crippen molar-refractivity contribution in [3.8, 4) is 0 Å². The number of likely N-dealkylation sites (tertiary alicyclic amines) is 1. The van der Waals surface area contributed by atoms with Crippen LogP contribution in [0.2, 0.25) is 0 Å². The summed E-state index contributed by atoms with van der Waals surface area (Å²) in [5, 5.41) is 0. The molecule has 0 radical (unpaired) electrons. The first-order chi connectivity index (χ1) is 8.95. The quantitative estimate of drug-likeness (QED) is 0.726. The third-order valence-electron chi connectivity index (χ3n) is 8.51. The van der Waals surface area contributed by atoms with Gasteiger partial charge in [-0.05, 0) is 47.8 Å². The first kappa shape index (κ1) is 11.0. The monoisotopic (exact) mass is 261 g/mol. The van der Waals surface area contributed by atoms with Gasteiger partial charge in [0, 0.05) is 18.5 Å². The van der Waals surface area contributed by atoms with E-state index in [1.165, 1.54) is 6.42 Å². The predicted octanol–water partition coefficient (Wildman–Crippen LogP) is 3.04. The average molecular weight is 261 g/mol. The van der Waals surface area contributed by atoms with Gasteiger partial charge in [-0.1, -0.05) is 20.8 Å². The number of carbonyl (C=O) groups excluding carboxylic acids is 1. The van der Waals surface area contributed by atoms with Gasteiger partial charge >= 0.3 is 6.09 Å². The standard InChI is InChI=1S/C16H23NO2/c1-13-9-10-8-11(14(2)15(13,3)16(10,13)14)19-12(18)17-6-4-5-7-17/h10-11H,4-9H2,1-3H3. The Bertz CT molecular complexity index is 513. The second-order valence-corrected chi connectivity index (χ2v) is 8.17. The second kappa shape index (κ2) is 2.56. The zero-order chi connectivity index (χ0) is 13.3. The van der Waals surface area contributed by atoms with Crippen LogP contribution in [0.15, 0.2) is 0 Å². The highest BCUT2D eigenvalue weighted by Gasteiger charge is 3.15. The molecule has 104 valence electrons. The summed E-state index contributed by atoms with van der Waals surface area (Å²) in [5.41, 5.74) is 1.93. The summed E-state index contributed by atoms with van der Waals surface area (Å²) in [6.45, 7) is 9.08. The van der Waals surface area contributed by atoms with E-state index in [0.717, 1.165) is 38.3 Å². The molecule has 0 bridgehead atoms. The molecule has 0 aromatic heterocycles. The van der Waals surface area contributed by atoms with Crippen LogP contribution in [0.4, 0.5) is 4.79 Å². The zero-order valence-electron chi connectivity index (χ0n) is 12.2. The molecule has 0 aromatic carbocycles. The van der Waals surface area contributed by atoms with Crippen LogP contribution in [0.3, 0.4) is 0 Å². The molecule has 5 fully saturated rings. The van der Waals surface area contributed by atoms with Gasteiger partial charge in [0.15, 0.2) is 0 Å². The molecule has 0 aromatic rings. The van der Waals surface area contributed by atoms with E-state index >= 15 is 0 Å². The number of fused-ring (bicyclic) bond motifs is 2. The minimum Gasteiger partial charge on any atom is -0.445 e. The molecule has 6 atom stereocenters. The zero-order valence-corrected chi connectivity index (χ0v) is 12.2. The van der Waals surface area contributed by atoms with Gasteiger partial charge in [-0.2, -0.15) is 0 Å². The fourth-order valence-corrected chi connectivity index (χ4v) is 7.83. The Hall–Kier alpha value is -0.730. The van der Waals surface area contributed by atoms with Crippen molar-refractivity contribution in [1.29, 1.82) is 0 Å². The fourth-order valence-electron chi connectivity index (χ4n) is 7.83. The maximum absolute atomic E-state index is 12.2. The van der Waals surface area contributed by atoms with E-state index in [1.807, 2.05) is 4.90 Å². The van der Waals surface area contributed by atoms with Crippen molar-refractivity contribution in [2.45, 2.75) is 52.6 Å². The molecule has 3 nitrogen and oxygen atoms in total. The molecular formula is C16H23NO2. The molecule has 4 saturated carbocycles. The molecule has 6 unspecified atom stereocenters. The Morgan fingerprint density at radius 3 is 2.42 bits per heavy atom. The molecule has 1 spiro atoms. The first-order valence-electron chi connectivity index (χ1n) is 7.91. The van der Waals surface area contributed by atoms with E-state index in [0.29, 0.717) is 21.7 Å². The molecule has 1 amide bonds. The molecular weight excluding hydrogens is 238 g/mol. The Labute approximate surface area is 114 Å². The summed E-state index contributed by atoms with van der Waals surface area (Å²) in [5.74, 6) is 0.837. The lowest BCUT2D eigenvalue weighted by Crippen LogP contribution is -2.43. The summed E-state index contributed by atoms with van der Waals surface area (Å²) in [7, 11) is 0. The van der Waals surface area contributed by atoms with Crippen LogP contribution in [-0.4, -0.2) is 30.2 Å². The number of hydrogen-bond acceptors (Lipinski definition) is 2. The lowest BCUT2D eigenvalue weighted by atomic mass is 9.59. The van der Waals surface area contributed by atoms with E-state index in [-0.39, 0.29) is 12.2 Å². The Balaban J connectivity index is 1.38. The highest BCUT2D eigenvalue weighted by Crippen LogP contribution is 3.17. The van der Waals surface area contributed by atoms with Gasteiger partial charge in [0.2, 0.25) is 0 Å². The molecule has 0 N–H and O–H groups in total. The van der Waals surface area contributed by atoms with Gasteiger partial charge in [0.25, 0.3) is 0 Å². The number of rotatable bonds is 1. The van der Waals surface area contributed by atoms with Crippen molar-refractivity contribution in [3.05, 3.63) is 0 Å². The highest BCUT2D eigenvalue weighted by atomic mass is 16.6.